The summed E-state index contributed by atoms with van der Waals surface area (Å²) < 4.78 is 0. The Labute approximate surface area is 86.6 Å². The van der Waals surface area contributed by atoms with Gasteiger partial charge in [-0.1, -0.05) is 6.42 Å². The quantitative estimate of drug-likeness (QED) is 0.529. The second-order valence-electron chi connectivity index (χ2n) is 4.10. The van der Waals surface area contributed by atoms with E-state index in [1.165, 1.54) is 0 Å². The second kappa shape index (κ2) is 2.96. The third-order valence-electron chi connectivity index (χ3n) is 3.55. The molecule has 2 nitrogen and oxygen atoms in total. The monoisotopic (exact) mass is 220 g/mol. The number of carbonyl (C=O) groups is 2. The highest BCUT2D eigenvalue weighted by atomic mass is 35.5. The lowest BCUT2D eigenvalue weighted by Gasteiger charge is -2.29. The Bertz CT molecular complexity index is 261. The van der Waals surface area contributed by atoms with Crippen LogP contribution in [0.4, 0.5) is 0 Å². The normalized spacial score (nSPS) is 34.9. The zero-order valence-corrected chi connectivity index (χ0v) is 8.57. The number of hydrogen-bond acceptors (Lipinski definition) is 2. The Hall–Kier alpha value is -0.0800. The first-order valence-corrected chi connectivity index (χ1v) is 5.23. The van der Waals surface area contributed by atoms with Gasteiger partial charge in [-0.15, -0.1) is 0 Å². The average molecular weight is 221 g/mol. The van der Waals surface area contributed by atoms with E-state index in [1.54, 1.807) is 0 Å². The van der Waals surface area contributed by atoms with Gasteiger partial charge in [0.25, 0.3) is 0 Å². The van der Waals surface area contributed by atoms with Gasteiger partial charge in [0.2, 0.25) is 10.5 Å². The molecule has 2 rings (SSSR count). The molecule has 2 fully saturated rings. The molecule has 0 amide bonds. The molecule has 0 aromatic heterocycles. The van der Waals surface area contributed by atoms with E-state index in [0.717, 1.165) is 19.3 Å². The average Bonchev–Trinajstić information content (AvgIpc) is 2.61. The van der Waals surface area contributed by atoms with Crippen LogP contribution < -0.4 is 0 Å². The van der Waals surface area contributed by atoms with Crippen molar-refractivity contribution in [1.82, 2.24) is 0 Å². The molecule has 0 aromatic rings. The van der Waals surface area contributed by atoms with Crippen LogP contribution in [0.5, 0.6) is 0 Å². The molecule has 0 aromatic carbocycles. The molecule has 2 unspecified atom stereocenters. The molecule has 4 heteroatoms. The number of hydrogen-bond donors (Lipinski definition) is 0. The molecule has 2 aliphatic carbocycles. The zero-order chi connectivity index (χ0) is 9.64. The van der Waals surface area contributed by atoms with Gasteiger partial charge in [0.1, 0.15) is 5.41 Å². The van der Waals surface area contributed by atoms with Gasteiger partial charge in [0.05, 0.1) is 0 Å². The molecule has 2 saturated carbocycles. The largest absolute Gasteiger partial charge is 0.280 e. The number of halogens is 2. The van der Waals surface area contributed by atoms with Crippen LogP contribution in [-0.2, 0) is 9.59 Å². The summed E-state index contributed by atoms with van der Waals surface area (Å²) >= 11 is 11.0. The van der Waals surface area contributed by atoms with E-state index in [1.807, 2.05) is 0 Å². The van der Waals surface area contributed by atoms with Crippen molar-refractivity contribution < 1.29 is 9.59 Å². The highest BCUT2D eigenvalue weighted by Crippen LogP contribution is 2.57. The molecule has 0 heterocycles. The molecule has 72 valence electrons. The zero-order valence-electron chi connectivity index (χ0n) is 7.06. The molecule has 2 bridgehead atoms. The van der Waals surface area contributed by atoms with E-state index >= 15 is 0 Å². The first kappa shape index (κ1) is 9.47. The molecular formula is C9H10Cl2O2. The first-order valence-electron chi connectivity index (χ1n) is 4.47. The predicted molar refractivity (Wildman–Crippen MR) is 49.6 cm³/mol. The topological polar surface area (TPSA) is 34.1 Å². The summed E-state index contributed by atoms with van der Waals surface area (Å²) in [4.78, 5) is 22.5. The standard InChI is InChI=1S/C9H10Cl2O2/c10-7(12)9(8(11)13)4-5-1-2-6(9)3-5/h5-6H,1-4H2. The first-order chi connectivity index (χ1) is 6.07. The van der Waals surface area contributed by atoms with Crippen LogP contribution in [0.2, 0.25) is 0 Å². The fourth-order valence-electron chi connectivity index (χ4n) is 2.89. The summed E-state index contributed by atoms with van der Waals surface area (Å²) in [6.45, 7) is 0. The summed E-state index contributed by atoms with van der Waals surface area (Å²) in [6.07, 6.45) is 3.54. The fourth-order valence-corrected chi connectivity index (χ4v) is 3.57. The number of fused-ring (bicyclic) bond motifs is 2. The lowest BCUT2D eigenvalue weighted by molar-refractivity contribution is -0.134. The van der Waals surface area contributed by atoms with Crippen LogP contribution in [0.3, 0.4) is 0 Å². The number of carbonyl (C=O) groups excluding carboxylic acids is 2. The smallest absolute Gasteiger partial charge is 0.236 e. The highest BCUT2D eigenvalue weighted by Gasteiger charge is 2.59. The summed E-state index contributed by atoms with van der Waals surface area (Å²) in [5.41, 5.74) is -1.04. The van der Waals surface area contributed by atoms with E-state index in [0.29, 0.717) is 12.3 Å². The summed E-state index contributed by atoms with van der Waals surface area (Å²) in [7, 11) is 0. The number of rotatable bonds is 2. The van der Waals surface area contributed by atoms with E-state index in [9.17, 15) is 9.59 Å². The summed E-state index contributed by atoms with van der Waals surface area (Å²) in [5, 5.41) is -1.11. The molecule has 0 radical (unpaired) electrons. The fraction of sp³-hybridized carbons (Fsp3) is 0.778. The third-order valence-corrected chi connectivity index (χ3v) is 4.22. The Morgan fingerprint density at radius 1 is 1.15 bits per heavy atom. The van der Waals surface area contributed by atoms with Crippen molar-refractivity contribution in [3.8, 4) is 0 Å². The van der Waals surface area contributed by atoms with E-state index < -0.39 is 15.9 Å². The van der Waals surface area contributed by atoms with Gasteiger partial charge in [-0.25, -0.2) is 0 Å². The lowest BCUT2D eigenvalue weighted by Crippen LogP contribution is -2.39. The van der Waals surface area contributed by atoms with Crippen molar-refractivity contribution in [3.05, 3.63) is 0 Å². The Morgan fingerprint density at radius 2 is 1.77 bits per heavy atom. The van der Waals surface area contributed by atoms with E-state index in [-0.39, 0.29) is 5.92 Å². The molecule has 0 N–H and O–H groups in total. The summed E-state index contributed by atoms with van der Waals surface area (Å²) in [5.74, 6) is 0.586. The Morgan fingerprint density at radius 3 is 2.00 bits per heavy atom. The van der Waals surface area contributed by atoms with Crippen LogP contribution in [0, 0.1) is 17.3 Å². The van der Waals surface area contributed by atoms with Gasteiger partial charge >= 0.3 is 0 Å². The predicted octanol–water partition coefficient (Wildman–Crippen LogP) is 2.32. The second-order valence-corrected chi connectivity index (χ2v) is 4.79. The van der Waals surface area contributed by atoms with Crippen LogP contribution in [-0.4, -0.2) is 10.5 Å². The van der Waals surface area contributed by atoms with Crippen LogP contribution in [0.1, 0.15) is 25.7 Å². The van der Waals surface area contributed by atoms with Crippen LogP contribution >= 0.6 is 23.2 Å². The SMILES string of the molecule is O=C(Cl)C1(C(=O)Cl)CC2CCC1C2. The molecular weight excluding hydrogens is 211 g/mol. The van der Waals surface area contributed by atoms with Crippen molar-refractivity contribution >= 4 is 33.7 Å². The van der Waals surface area contributed by atoms with Crippen LogP contribution in [0.25, 0.3) is 0 Å². The third kappa shape index (κ3) is 1.15. The minimum absolute atomic E-state index is 0.104. The highest BCUT2D eigenvalue weighted by molar-refractivity contribution is 6.74. The maximum absolute atomic E-state index is 11.3. The van der Waals surface area contributed by atoms with E-state index in [4.69, 9.17) is 23.2 Å². The van der Waals surface area contributed by atoms with Crippen molar-refractivity contribution in [3.63, 3.8) is 0 Å². The molecule has 0 spiro atoms. The van der Waals surface area contributed by atoms with Gasteiger partial charge < -0.3 is 0 Å². The van der Waals surface area contributed by atoms with Gasteiger partial charge in [0.15, 0.2) is 0 Å². The van der Waals surface area contributed by atoms with Gasteiger partial charge in [-0.05, 0) is 54.3 Å². The maximum Gasteiger partial charge on any atom is 0.236 e. The lowest BCUT2D eigenvalue weighted by atomic mass is 9.75. The Kier molecular flexibility index (Phi) is 2.16. The molecule has 13 heavy (non-hydrogen) atoms. The van der Waals surface area contributed by atoms with Crippen molar-refractivity contribution in [2.45, 2.75) is 25.7 Å². The molecule has 0 aliphatic heterocycles. The van der Waals surface area contributed by atoms with Crippen molar-refractivity contribution in [2.24, 2.45) is 17.3 Å². The summed E-state index contributed by atoms with van der Waals surface area (Å²) in [6, 6.07) is 0. The minimum atomic E-state index is -1.04. The van der Waals surface area contributed by atoms with Crippen LogP contribution in [0.15, 0.2) is 0 Å². The van der Waals surface area contributed by atoms with Gasteiger partial charge in [0, 0.05) is 0 Å². The van der Waals surface area contributed by atoms with Gasteiger partial charge in [-0.2, -0.15) is 0 Å². The molecule has 2 atom stereocenters. The molecule has 0 saturated heterocycles. The maximum atomic E-state index is 11.3. The van der Waals surface area contributed by atoms with Crippen molar-refractivity contribution in [2.75, 3.05) is 0 Å². The minimum Gasteiger partial charge on any atom is -0.280 e. The van der Waals surface area contributed by atoms with Gasteiger partial charge in [-0.3, -0.25) is 9.59 Å². The molecule has 2 aliphatic rings. The van der Waals surface area contributed by atoms with Crippen molar-refractivity contribution in [1.29, 1.82) is 0 Å². The van der Waals surface area contributed by atoms with E-state index in [2.05, 4.69) is 0 Å². The Balaban J connectivity index is 2.36.